The summed E-state index contributed by atoms with van der Waals surface area (Å²) in [5.74, 6) is 1.35. The van der Waals surface area contributed by atoms with Gasteiger partial charge in [-0.2, -0.15) is 0 Å². The van der Waals surface area contributed by atoms with Crippen LogP contribution in [0.4, 0.5) is 4.39 Å². The first-order valence-electron chi connectivity index (χ1n) is 4.56. The molecule has 0 aliphatic heterocycles. The zero-order valence-corrected chi connectivity index (χ0v) is 7.26. The molecule has 1 aliphatic carbocycles. The van der Waals surface area contributed by atoms with E-state index in [2.05, 4.69) is 6.92 Å². The quantitative estimate of drug-likeness (QED) is 0.629. The number of hydrogen-bond donors (Lipinski definition) is 0. The molecule has 0 bridgehead atoms. The van der Waals surface area contributed by atoms with Crippen molar-refractivity contribution < 1.29 is 4.39 Å². The van der Waals surface area contributed by atoms with Crippen molar-refractivity contribution in [1.82, 2.24) is 0 Å². The van der Waals surface area contributed by atoms with Crippen molar-refractivity contribution in [3.8, 4) is 0 Å². The second-order valence-corrected chi connectivity index (χ2v) is 3.57. The maximum Gasteiger partial charge on any atom is 0.123 e. The summed E-state index contributed by atoms with van der Waals surface area (Å²) in [6.07, 6.45) is 2.47. The maximum atomic E-state index is 12.8. The fourth-order valence-electron chi connectivity index (χ4n) is 1.84. The highest BCUT2D eigenvalue weighted by Gasteiger charge is 2.36. The van der Waals surface area contributed by atoms with Gasteiger partial charge in [-0.25, -0.2) is 4.39 Å². The molecule has 1 aromatic rings. The topological polar surface area (TPSA) is 0 Å². The first-order valence-corrected chi connectivity index (χ1v) is 4.56. The Morgan fingerprint density at radius 1 is 1.50 bits per heavy atom. The molecule has 1 heteroatoms. The first kappa shape index (κ1) is 7.78. The van der Waals surface area contributed by atoms with Gasteiger partial charge in [0, 0.05) is 0 Å². The fraction of sp³-hybridized carbons (Fsp3) is 0.455. The predicted molar refractivity (Wildman–Crippen MR) is 47.5 cm³/mol. The average molecular weight is 164 g/mol. The average Bonchev–Trinajstić information content (AvgIpc) is 2.83. The zero-order chi connectivity index (χ0) is 8.55. The highest BCUT2D eigenvalue weighted by atomic mass is 19.1. The molecule has 12 heavy (non-hydrogen) atoms. The van der Waals surface area contributed by atoms with Crippen molar-refractivity contribution in [2.24, 2.45) is 5.92 Å². The third-order valence-electron chi connectivity index (χ3n) is 2.72. The van der Waals surface area contributed by atoms with Crippen LogP contribution in [0.1, 0.15) is 31.2 Å². The lowest BCUT2D eigenvalue weighted by Crippen LogP contribution is -1.83. The van der Waals surface area contributed by atoms with E-state index in [0.717, 1.165) is 5.92 Å². The van der Waals surface area contributed by atoms with Crippen molar-refractivity contribution in [2.75, 3.05) is 0 Å². The molecule has 1 aromatic carbocycles. The van der Waals surface area contributed by atoms with Crippen LogP contribution >= 0.6 is 0 Å². The molecule has 0 saturated heterocycles. The van der Waals surface area contributed by atoms with E-state index >= 15 is 0 Å². The van der Waals surface area contributed by atoms with Crippen LogP contribution in [0, 0.1) is 11.7 Å². The molecule has 64 valence electrons. The van der Waals surface area contributed by atoms with E-state index in [1.807, 2.05) is 6.07 Å². The Hall–Kier alpha value is -0.850. The van der Waals surface area contributed by atoms with Crippen molar-refractivity contribution in [2.45, 2.75) is 25.7 Å². The number of rotatable bonds is 2. The molecule has 0 heterocycles. The molecular formula is C11H13F. The largest absolute Gasteiger partial charge is 0.207 e. The Balaban J connectivity index is 2.14. The van der Waals surface area contributed by atoms with Crippen LogP contribution in [0.15, 0.2) is 24.3 Å². The van der Waals surface area contributed by atoms with Gasteiger partial charge in [0.05, 0.1) is 0 Å². The van der Waals surface area contributed by atoms with Crippen LogP contribution < -0.4 is 0 Å². The van der Waals surface area contributed by atoms with Crippen LogP contribution in [-0.2, 0) is 0 Å². The van der Waals surface area contributed by atoms with E-state index < -0.39 is 0 Å². The second-order valence-electron chi connectivity index (χ2n) is 3.57. The Kier molecular flexibility index (Phi) is 1.87. The molecule has 2 atom stereocenters. The second kappa shape index (κ2) is 2.89. The van der Waals surface area contributed by atoms with E-state index in [-0.39, 0.29) is 5.82 Å². The highest BCUT2D eigenvalue weighted by Crippen LogP contribution is 2.49. The summed E-state index contributed by atoms with van der Waals surface area (Å²) in [7, 11) is 0. The SMILES string of the molecule is CC[C@H]1C[C@@H]1c1cccc(F)c1. The molecule has 0 N–H and O–H groups in total. The fourth-order valence-corrected chi connectivity index (χ4v) is 1.84. The third kappa shape index (κ3) is 1.36. The van der Waals surface area contributed by atoms with E-state index in [1.54, 1.807) is 12.1 Å². The lowest BCUT2D eigenvalue weighted by Gasteiger charge is -1.98. The summed E-state index contributed by atoms with van der Waals surface area (Å²) in [5.41, 5.74) is 1.18. The van der Waals surface area contributed by atoms with Gasteiger partial charge >= 0.3 is 0 Å². The molecule has 0 radical (unpaired) electrons. The number of hydrogen-bond acceptors (Lipinski definition) is 0. The molecule has 1 saturated carbocycles. The van der Waals surface area contributed by atoms with Gasteiger partial charge in [-0.05, 0) is 36.0 Å². The van der Waals surface area contributed by atoms with Crippen molar-refractivity contribution in [3.63, 3.8) is 0 Å². The van der Waals surface area contributed by atoms with Gasteiger partial charge in [-0.3, -0.25) is 0 Å². The smallest absolute Gasteiger partial charge is 0.123 e. The lowest BCUT2D eigenvalue weighted by molar-refractivity contribution is 0.624. The van der Waals surface area contributed by atoms with Gasteiger partial charge in [-0.15, -0.1) is 0 Å². The normalized spacial score (nSPS) is 27.2. The minimum Gasteiger partial charge on any atom is -0.207 e. The van der Waals surface area contributed by atoms with Gasteiger partial charge in [-0.1, -0.05) is 25.5 Å². The van der Waals surface area contributed by atoms with Crippen LogP contribution in [0.2, 0.25) is 0 Å². The molecule has 0 unspecified atom stereocenters. The van der Waals surface area contributed by atoms with Crippen molar-refractivity contribution in [3.05, 3.63) is 35.6 Å². The molecule has 0 spiro atoms. The minimum absolute atomic E-state index is 0.103. The van der Waals surface area contributed by atoms with E-state index in [1.165, 1.54) is 24.5 Å². The molecule has 2 rings (SSSR count). The maximum absolute atomic E-state index is 12.8. The number of benzene rings is 1. The monoisotopic (exact) mass is 164 g/mol. The van der Waals surface area contributed by atoms with E-state index in [0.29, 0.717) is 5.92 Å². The van der Waals surface area contributed by atoms with Gasteiger partial charge in [0.1, 0.15) is 5.82 Å². The summed E-state index contributed by atoms with van der Waals surface area (Å²) >= 11 is 0. The Morgan fingerprint density at radius 2 is 2.33 bits per heavy atom. The van der Waals surface area contributed by atoms with Crippen molar-refractivity contribution >= 4 is 0 Å². The van der Waals surface area contributed by atoms with E-state index in [4.69, 9.17) is 0 Å². The molecule has 1 aliphatic rings. The Morgan fingerprint density at radius 3 is 2.92 bits per heavy atom. The van der Waals surface area contributed by atoms with Gasteiger partial charge in [0.2, 0.25) is 0 Å². The minimum atomic E-state index is -0.103. The summed E-state index contributed by atoms with van der Waals surface area (Å²) in [6, 6.07) is 7.01. The lowest BCUT2D eigenvalue weighted by atomic mass is 10.1. The van der Waals surface area contributed by atoms with Crippen LogP contribution in [0.5, 0.6) is 0 Å². The van der Waals surface area contributed by atoms with Crippen LogP contribution in [-0.4, -0.2) is 0 Å². The molecule has 1 fully saturated rings. The molecule has 0 nitrogen and oxygen atoms in total. The predicted octanol–water partition coefficient (Wildman–Crippen LogP) is 3.34. The van der Waals surface area contributed by atoms with Gasteiger partial charge < -0.3 is 0 Å². The number of halogens is 1. The summed E-state index contributed by atoms with van der Waals surface area (Å²) in [6.45, 7) is 2.20. The van der Waals surface area contributed by atoms with E-state index in [9.17, 15) is 4.39 Å². The summed E-state index contributed by atoms with van der Waals surface area (Å²) in [5, 5.41) is 0. The van der Waals surface area contributed by atoms with Gasteiger partial charge in [0.25, 0.3) is 0 Å². The van der Waals surface area contributed by atoms with Gasteiger partial charge in [0.15, 0.2) is 0 Å². The molecule has 0 amide bonds. The Labute approximate surface area is 72.4 Å². The molecular weight excluding hydrogens is 151 g/mol. The highest BCUT2D eigenvalue weighted by molar-refractivity contribution is 5.26. The van der Waals surface area contributed by atoms with Crippen LogP contribution in [0.25, 0.3) is 0 Å². The van der Waals surface area contributed by atoms with Crippen molar-refractivity contribution in [1.29, 1.82) is 0 Å². The third-order valence-corrected chi connectivity index (χ3v) is 2.72. The summed E-state index contributed by atoms with van der Waals surface area (Å²) < 4.78 is 12.8. The van der Waals surface area contributed by atoms with Crippen LogP contribution in [0.3, 0.4) is 0 Å². The zero-order valence-electron chi connectivity index (χ0n) is 7.26. The Bertz CT molecular complexity index is 280. The molecule has 0 aromatic heterocycles. The standard InChI is InChI=1S/C11H13F/c1-2-8-7-11(8)9-4-3-5-10(12)6-9/h3-6,8,11H,2,7H2,1H3/t8-,11-/m0/s1. The first-order chi connectivity index (χ1) is 5.81. The summed E-state index contributed by atoms with van der Waals surface area (Å²) in [4.78, 5) is 0.